The predicted octanol–water partition coefficient (Wildman–Crippen LogP) is 3.28. The maximum absolute atomic E-state index is 12.8. The lowest BCUT2D eigenvalue weighted by molar-refractivity contribution is 0.0505. The lowest BCUT2D eigenvalue weighted by atomic mass is 9.91. The molecule has 0 amide bonds. The van der Waals surface area contributed by atoms with Crippen molar-refractivity contribution >= 4 is 12.1 Å². The number of carbonyl (C=O) groups excluding carboxylic acids is 1. The first kappa shape index (κ1) is 19.5. The van der Waals surface area contributed by atoms with E-state index in [1.165, 1.54) is 14.2 Å². The topological polar surface area (TPSA) is 119 Å². The summed E-state index contributed by atoms with van der Waals surface area (Å²) in [4.78, 5) is 23.9. The molecule has 0 spiro atoms. The van der Waals surface area contributed by atoms with E-state index in [4.69, 9.17) is 33.5 Å². The number of carboxylic acid groups (broad SMARTS) is 1. The van der Waals surface area contributed by atoms with E-state index in [-0.39, 0.29) is 59.0 Å². The fraction of sp³-hybridized carbons (Fsp3) is 0.300. The molecule has 0 radical (unpaired) electrons. The molecule has 30 heavy (non-hydrogen) atoms. The van der Waals surface area contributed by atoms with Crippen LogP contribution in [0.3, 0.4) is 0 Å². The maximum atomic E-state index is 12.8. The van der Waals surface area contributed by atoms with Gasteiger partial charge in [-0.2, -0.15) is 0 Å². The normalized spacial score (nSPS) is 13.2. The average molecular weight is 418 g/mol. The van der Waals surface area contributed by atoms with Crippen LogP contribution in [0.2, 0.25) is 0 Å². The fourth-order valence-corrected chi connectivity index (χ4v) is 3.69. The minimum atomic E-state index is -1.74. The van der Waals surface area contributed by atoms with E-state index in [1.54, 1.807) is 19.9 Å². The highest BCUT2D eigenvalue weighted by molar-refractivity contribution is 6.06. The molecule has 1 N–H and O–H groups in total. The Bertz CT molecular complexity index is 1070. The molecular formula is C20H18O10. The number of esters is 1. The summed E-state index contributed by atoms with van der Waals surface area (Å²) >= 11 is 0. The summed E-state index contributed by atoms with van der Waals surface area (Å²) in [6.45, 7) is 2.89. The number of methoxy groups -OCH3 is 2. The third-order valence-electron chi connectivity index (χ3n) is 4.86. The molecule has 0 unspecified atom stereocenters. The maximum Gasteiger partial charge on any atom is 0.513 e. The van der Waals surface area contributed by atoms with E-state index in [9.17, 15) is 9.59 Å². The largest absolute Gasteiger partial charge is 0.513 e. The van der Waals surface area contributed by atoms with Gasteiger partial charge >= 0.3 is 12.1 Å². The van der Waals surface area contributed by atoms with Crippen LogP contribution in [0, 0.1) is 13.8 Å². The van der Waals surface area contributed by atoms with Crippen molar-refractivity contribution in [2.45, 2.75) is 13.8 Å². The number of hydrogen-bond acceptors (Lipinski definition) is 9. The number of rotatable bonds is 3. The first-order chi connectivity index (χ1) is 14.4. The highest BCUT2D eigenvalue weighted by Crippen LogP contribution is 2.56. The second kappa shape index (κ2) is 7.21. The van der Waals surface area contributed by atoms with E-state index in [2.05, 4.69) is 4.74 Å². The predicted molar refractivity (Wildman–Crippen MR) is 100 cm³/mol. The van der Waals surface area contributed by atoms with E-state index < -0.39 is 12.1 Å². The van der Waals surface area contributed by atoms with Crippen molar-refractivity contribution < 1.29 is 47.9 Å². The molecule has 0 saturated heterocycles. The van der Waals surface area contributed by atoms with Crippen molar-refractivity contribution in [3.63, 3.8) is 0 Å². The van der Waals surface area contributed by atoms with Crippen LogP contribution in [-0.2, 0) is 4.74 Å². The second-order valence-corrected chi connectivity index (χ2v) is 6.47. The molecule has 2 aromatic carbocycles. The van der Waals surface area contributed by atoms with Gasteiger partial charge in [0.1, 0.15) is 0 Å². The number of ether oxygens (including phenoxy) is 7. The third-order valence-corrected chi connectivity index (χ3v) is 4.86. The van der Waals surface area contributed by atoms with Crippen LogP contribution in [0.5, 0.6) is 34.5 Å². The van der Waals surface area contributed by atoms with E-state index in [0.29, 0.717) is 16.9 Å². The average Bonchev–Trinajstić information content (AvgIpc) is 2.72. The summed E-state index contributed by atoms with van der Waals surface area (Å²) in [7, 11) is 2.82. The molecule has 2 aliphatic rings. The second-order valence-electron chi connectivity index (χ2n) is 6.47. The first-order valence-corrected chi connectivity index (χ1v) is 8.81. The SMILES string of the molecule is COc1c2cc(C)c3c1OCOc1c(c(C)c(C(=O)OC(=O)O)c-2c1OC)OCO3. The summed E-state index contributed by atoms with van der Waals surface area (Å²) in [5.74, 6) is 0.233. The van der Waals surface area contributed by atoms with Crippen molar-refractivity contribution in [3.8, 4) is 45.6 Å². The minimum Gasteiger partial charge on any atom is -0.492 e. The zero-order chi connectivity index (χ0) is 21.6. The Balaban J connectivity index is 2.22. The van der Waals surface area contributed by atoms with Crippen molar-refractivity contribution in [1.29, 1.82) is 0 Å². The van der Waals surface area contributed by atoms with Gasteiger partial charge in [-0.05, 0) is 25.5 Å². The quantitative estimate of drug-likeness (QED) is 0.587. The van der Waals surface area contributed by atoms with Gasteiger partial charge < -0.3 is 38.3 Å². The van der Waals surface area contributed by atoms with Crippen molar-refractivity contribution in [1.82, 2.24) is 0 Å². The monoisotopic (exact) mass is 418 g/mol. The van der Waals surface area contributed by atoms with Crippen molar-refractivity contribution in [3.05, 3.63) is 22.8 Å². The number of carbonyl (C=O) groups is 2. The zero-order valence-electron chi connectivity index (χ0n) is 16.6. The van der Waals surface area contributed by atoms with Crippen LogP contribution < -0.4 is 28.4 Å². The lowest BCUT2D eigenvalue weighted by Gasteiger charge is -2.22. The summed E-state index contributed by atoms with van der Waals surface area (Å²) in [6, 6.07) is 1.72. The third kappa shape index (κ3) is 2.79. The molecule has 10 heteroatoms. The molecule has 2 heterocycles. The van der Waals surface area contributed by atoms with Crippen LogP contribution in [0.25, 0.3) is 11.1 Å². The molecule has 4 rings (SSSR count). The zero-order valence-corrected chi connectivity index (χ0v) is 16.6. The lowest BCUT2D eigenvalue weighted by Crippen LogP contribution is -2.17. The highest BCUT2D eigenvalue weighted by Gasteiger charge is 2.36. The van der Waals surface area contributed by atoms with E-state index in [0.717, 1.165) is 0 Å². The molecule has 0 atom stereocenters. The van der Waals surface area contributed by atoms with Crippen molar-refractivity contribution in [2.75, 3.05) is 27.8 Å². The van der Waals surface area contributed by atoms with Gasteiger partial charge in [0, 0.05) is 16.7 Å². The van der Waals surface area contributed by atoms with Crippen LogP contribution >= 0.6 is 0 Å². The van der Waals surface area contributed by atoms with Gasteiger partial charge in [0.05, 0.1) is 19.8 Å². The number of hydrogen-bond donors (Lipinski definition) is 1. The Labute approximate surface area is 170 Å². The van der Waals surface area contributed by atoms with Crippen molar-refractivity contribution in [2.24, 2.45) is 0 Å². The van der Waals surface area contributed by atoms with Gasteiger partial charge in [-0.25, -0.2) is 9.59 Å². The van der Waals surface area contributed by atoms with Crippen LogP contribution in [0.1, 0.15) is 21.5 Å². The van der Waals surface area contributed by atoms with Crippen LogP contribution in [-0.4, -0.2) is 45.0 Å². The molecule has 158 valence electrons. The standard InChI is InChI=1S/C20H18O10/c1-8-5-10-12-11(19(21)30-20(22)23)9(2)14-18(16(12)25-4)29-7-28-17(15(10)24-3)13(8)26-6-27-14/h5H,6-7H2,1-4H3,(H,22,23). The Kier molecular flexibility index (Phi) is 4.69. The Hall–Kier alpha value is -3.82. The molecule has 0 aromatic heterocycles. The van der Waals surface area contributed by atoms with Gasteiger partial charge in [-0.15, -0.1) is 0 Å². The van der Waals surface area contributed by atoms with Gasteiger partial charge in [-0.1, -0.05) is 0 Å². The molecule has 10 nitrogen and oxygen atoms in total. The fourth-order valence-electron chi connectivity index (χ4n) is 3.69. The number of aryl methyl sites for hydroxylation is 1. The van der Waals surface area contributed by atoms with Gasteiger partial charge in [0.15, 0.2) is 23.0 Å². The molecule has 2 aromatic rings. The van der Waals surface area contributed by atoms with Crippen LogP contribution in [0.4, 0.5) is 4.79 Å². The molecule has 0 saturated carbocycles. The molecule has 4 bridgehead atoms. The Morgan fingerprint density at radius 1 is 0.900 bits per heavy atom. The van der Waals surface area contributed by atoms with E-state index >= 15 is 0 Å². The minimum absolute atomic E-state index is 0.0724. The molecule has 2 aliphatic heterocycles. The highest BCUT2D eigenvalue weighted by atomic mass is 16.7. The summed E-state index contributed by atoms with van der Waals surface area (Å²) in [5.41, 5.74) is 1.51. The first-order valence-electron chi connectivity index (χ1n) is 8.81. The molecular weight excluding hydrogens is 400 g/mol. The Morgan fingerprint density at radius 2 is 1.47 bits per heavy atom. The number of benzene rings is 2. The van der Waals surface area contributed by atoms with Gasteiger partial charge in [0.25, 0.3) is 0 Å². The summed E-state index contributed by atoms with van der Waals surface area (Å²) in [5, 5.41) is 9.01. The summed E-state index contributed by atoms with van der Waals surface area (Å²) in [6.07, 6.45) is -1.74. The van der Waals surface area contributed by atoms with Gasteiger partial charge in [0.2, 0.25) is 25.1 Å². The van der Waals surface area contributed by atoms with E-state index in [1.807, 2.05) is 0 Å². The Morgan fingerprint density at radius 3 is 2.07 bits per heavy atom. The molecule has 0 fully saturated rings. The van der Waals surface area contributed by atoms with Gasteiger partial charge in [-0.3, -0.25) is 0 Å². The smallest absolute Gasteiger partial charge is 0.492 e. The molecule has 0 aliphatic carbocycles. The van der Waals surface area contributed by atoms with Crippen LogP contribution in [0.15, 0.2) is 6.07 Å². The number of fused-ring (bicyclic) bond motifs is 5. The summed E-state index contributed by atoms with van der Waals surface area (Å²) < 4.78 is 38.8.